The molecule has 4 heteroatoms. The maximum atomic E-state index is 12.3. The third-order valence-corrected chi connectivity index (χ3v) is 11.5. The molecule has 37 heavy (non-hydrogen) atoms. The van der Waals surface area contributed by atoms with Gasteiger partial charge in [-0.05, 0) is 142 Å². The molecule has 6 aliphatic carbocycles. The van der Waals surface area contributed by atoms with Crippen molar-refractivity contribution in [2.24, 2.45) is 40.9 Å². The monoisotopic (exact) mass is 502 g/mol. The largest absolute Gasteiger partial charge is 0.494 e. The molecule has 0 amide bonds. The van der Waals surface area contributed by atoms with Crippen LogP contribution in [0, 0.1) is 40.9 Å². The molecule has 0 radical (unpaired) electrons. The molecule has 6 saturated carbocycles. The topological polar surface area (TPSA) is 58.9 Å². The first-order valence-electron chi connectivity index (χ1n) is 14.8. The van der Waals surface area contributed by atoms with Crippen molar-refractivity contribution in [3.05, 3.63) is 59.7 Å². The number of rotatable bonds is 7. The first-order valence-corrected chi connectivity index (χ1v) is 14.8. The molecule has 2 aromatic rings. The number of hydrogen-bond donors (Lipinski definition) is 2. The third-order valence-electron chi connectivity index (χ3n) is 11.5. The highest BCUT2D eigenvalue weighted by Gasteiger charge is 2.67. The average Bonchev–Trinajstić information content (AvgIpc) is 3.47. The predicted molar refractivity (Wildman–Crippen MR) is 143 cm³/mol. The van der Waals surface area contributed by atoms with Crippen LogP contribution in [0.3, 0.4) is 0 Å². The van der Waals surface area contributed by atoms with E-state index in [4.69, 9.17) is 9.47 Å². The fourth-order valence-electron chi connectivity index (χ4n) is 10.4. The molecular formula is C33H42O4. The Morgan fingerprint density at radius 1 is 0.676 bits per heavy atom. The fraction of sp³-hybridized carbons (Fsp3) is 0.636. The minimum Gasteiger partial charge on any atom is -0.494 e. The van der Waals surface area contributed by atoms with Crippen LogP contribution >= 0.6 is 0 Å². The summed E-state index contributed by atoms with van der Waals surface area (Å²) in [6.07, 6.45) is 9.16. The lowest BCUT2D eigenvalue weighted by Crippen LogP contribution is -2.61. The quantitative estimate of drug-likeness (QED) is 0.458. The average molecular weight is 503 g/mol. The van der Waals surface area contributed by atoms with Crippen LogP contribution in [0.15, 0.2) is 48.5 Å². The summed E-state index contributed by atoms with van der Waals surface area (Å²) in [7, 11) is 0. The van der Waals surface area contributed by atoms with Gasteiger partial charge in [-0.2, -0.15) is 0 Å². The smallest absolute Gasteiger partial charge is 0.119 e. The van der Waals surface area contributed by atoms with Crippen LogP contribution in [0.4, 0.5) is 0 Å². The van der Waals surface area contributed by atoms with E-state index in [0.29, 0.717) is 48.2 Å². The third kappa shape index (κ3) is 3.47. The summed E-state index contributed by atoms with van der Waals surface area (Å²) in [4.78, 5) is 0. The Labute approximate surface area is 221 Å². The molecule has 8 rings (SSSR count). The van der Waals surface area contributed by atoms with Crippen molar-refractivity contribution in [2.75, 3.05) is 13.2 Å². The van der Waals surface area contributed by atoms with E-state index in [9.17, 15) is 10.2 Å². The Bertz CT molecular complexity index is 1120. The lowest BCUT2D eigenvalue weighted by molar-refractivity contribution is -0.227. The zero-order valence-corrected chi connectivity index (χ0v) is 22.4. The van der Waals surface area contributed by atoms with Gasteiger partial charge in [0.15, 0.2) is 0 Å². The van der Waals surface area contributed by atoms with Crippen LogP contribution in [0.25, 0.3) is 0 Å². The van der Waals surface area contributed by atoms with Crippen LogP contribution in [-0.2, 0) is 11.2 Å². The molecule has 6 bridgehead atoms. The molecule has 2 N–H and O–H groups in total. The summed E-state index contributed by atoms with van der Waals surface area (Å²) in [5, 5.41) is 24.1. The van der Waals surface area contributed by atoms with Crippen LogP contribution in [0.2, 0.25) is 0 Å². The van der Waals surface area contributed by atoms with E-state index >= 15 is 0 Å². The predicted octanol–water partition coefficient (Wildman–Crippen LogP) is 6.43. The Morgan fingerprint density at radius 3 is 1.76 bits per heavy atom. The van der Waals surface area contributed by atoms with Crippen molar-refractivity contribution in [2.45, 2.75) is 76.4 Å². The van der Waals surface area contributed by atoms with Gasteiger partial charge in [0.25, 0.3) is 0 Å². The van der Waals surface area contributed by atoms with Crippen molar-refractivity contribution >= 4 is 0 Å². The molecule has 0 aliphatic heterocycles. The lowest BCUT2D eigenvalue weighted by Gasteiger charge is -2.66. The van der Waals surface area contributed by atoms with Gasteiger partial charge in [-0.25, -0.2) is 0 Å². The van der Waals surface area contributed by atoms with Gasteiger partial charge in [-0.15, -0.1) is 0 Å². The second kappa shape index (κ2) is 8.48. The van der Waals surface area contributed by atoms with E-state index in [1.807, 2.05) is 38.1 Å². The number of hydrogen-bond acceptors (Lipinski definition) is 4. The second-order valence-corrected chi connectivity index (χ2v) is 13.1. The minimum absolute atomic E-state index is 0.346. The maximum absolute atomic E-state index is 12.3. The summed E-state index contributed by atoms with van der Waals surface area (Å²) in [6.45, 7) is 5.33. The van der Waals surface area contributed by atoms with E-state index in [2.05, 4.69) is 24.3 Å². The van der Waals surface area contributed by atoms with Crippen LogP contribution in [-0.4, -0.2) is 23.4 Å². The number of fused-ring (bicyclic) bond motifs is 2. The highest BCUT2D eigenvalue weighted by molar-refractivity contribution is 5.36. The van der Waals surface area contributed by atoms with Gasteiger partial charge in [-0.1, -0.05) is 24.3 Å². The summed E-state index contributed by atoms with van der Waals surface area (Å²) < 4.78 is 11.3. The van der Waals surface area contributed by atoms with Crippen LogP contribution in [0.5, 0.6) is 11.5 Å². The fourth-order valence-corrected chi connectivity index (χ4v) is 10.4. The highest BCUT2D eigenvalue weighted by Crippen LogP contribution is 2.73. The van der Waals surface area contributed by atoms with E-state index in [0.717, 1.165) is 60.6 Å². The highest BCUT2D eigenvalue weighted by atomic mass is 16.5. The minimum atomic E-state index is -0.703. The molecule has 0 aromatic heterocycles. The molecule has 2 aromatic carbocycles. The van der Waals surface area contributed by atoms with E-state index in [1.54, 1.807) is 0 Å². The summed E-state index contributed by atoms with van der Waals surface area (Å²) in [6, 6.07) is 16.5. The zero-order chi connectivity index (χ0) is 25.4. The zero-order valence-electron chi connectivity index (χ0n) is 22.4. The standard InChI is InChI=1S/C33H42O4/c1-3-36-28-9-5-23(6-10-28)32(34)18-22-15-25(32)16-30(22)31-17-21-13-26(19-31)33(35,27(14-21)20-31)24-7-11-29(12-8-24)37-4-2/h5-12,21-22,25-27,30,34-35H,3-4,13-20H2,1-2H3. The van der Waals surface area contributed by atoms with Gasteiger partial charge < -0.3 is 19.7 Å². The van der Waals surface area contributed by atoms with Crippen molar-refractivity contribution < 1.29 is 19.7 Å². The summed E-state index contributed by atoms with van der Waals surface area (Å²) in [5.41, 5.74) is 1.12. The number of ether oxygens (including phenoxy) is 2. The molecule has 6 unspecified atom stereocenters. The molecule has 4 nitrogen and oxygen atoms in total. The molecule has 0 heterocycles. The molecule has 6 atom stereocenters. The van der Waals surface area contributed by atoms with Gasteiger partial charge in [0, 0.05) is 0 Å². The van der Waals surface area contributed by atoms with E-state index in [-0.39, 0.29) is 0 Å². The normalized spacial score (nSPS) is 43.4. The molecular weight excluding hydrogens is 460 g/mol. The Balaban J connectivity index is 1.11. The Morgan fingerprint density at radius 2 is 1.24 bits per heavy atom. The van der Waals surface area contributed by atoms with Crippen molar-refractivity contribution in [3.63, 3.8) is 0 Å². The van der Waals surface area contributed by atoms with E-state index in [1.165, 1.54) is 19.3 Å². The van der Waals surface area contributed by atoms with Crippen molar-refractivity contribution in [3.8, 4) is 11.5 Å². The van der Waals surface area contributed by atoms with E-state index < -0.39 is 11.2 Å². The second-order valence-electron chi connectivity index (χ2n) is 13.1. The van der Waals surface area contributed by atoms with Crippen LogP contribution in [0.1, 0.15) is 76.3 Å². The maximum Gasteiger partial charge on any atom is 0.119 e. The van der Waals surface area contributed by atoms with Gasteiger partial charge in [0.1, 0.15) is 11.5 Å². The van der Waals surface area contributed by atoms with Gasteiger partial charge in [0.2, 0.25) is 0 Å². The van der Waals surface area contributed by atoms with Gasteiger partial charge >= 0.3 is 0 Å². The first kappa shape index (κ1) is 24.0. The van der Waals surface area contributed by atoms with Crippen molar-refractivity contribution in [1.29, 1.82) is 0 Å². The molecule has 198 valence electrons. The van der Waals surface area contributed by atoms with Gasteiger partial charge in [0.05, 0.1) is 24.4 Å². The van der Waals surface area contributed by atoms with Gasteiger partial charge in [-0.3, -0.25) is 0 Å². The first-order chi connectivity index (χ1) is 17.9. The number of aliphatic hydroxyl groups is 2. The Hall–Kier alpha value is -2.04. The molecule has 0 spiro atoms. The lowest BCUT2D eigenvalue weighted by atomic mass is 9.40. The van der Waals surface area contributed by atoms with Crippen molar-refractivity contribution in [1.82, 2.24) is 0 Å². The summed E-state index contributed by atoms with van der Waals surface area (Å²) in [5.74, 6) is 4.85. The molecule has 0 saturated heterocycles. The number of benzene rings is 2. The summed E-state index contributed by atoms with van der Waals surface area (Å²) >= 11 is 0. The van der Waals surface area contributed by atoms with Crippen LogP contribution < -0.4 is 9.47 Å². The molecule has 6 fully saturated rings. The molecule has 6 aliphatic rings. The Kier molecular flexibility index (Phi) is 5.51. The SMILES string of the molecule is CCOc1ccc(C2(O)CC3CC2CC3C23CC4CC(C2)C(O)(c2ccc(OCC)cc2)C(C4)C3)cc1.